The number of anilines is 1. The lowest BCUT2D eigenvalue weighted by Gasteiger charge is -2.07. The molecule has 80 valence electrons. The number of aromatic hydroxyl groups is 1. The van der Waals surface area contributed by atoms with Crippen LogP contribution < -0.4 is 10.1 Å². The van der Waals surface area contributed by atoms with Gasteiger partial charge in [0.05, 0.1) is 5.69 Å². The van der Waals surface area contributed by atoms with Gasteiger partial charge in [0.15, 0.2) is 5.75 Å². The Morgan fingerprint density at radius 3 is 2.88 bits per heavy atom. The number of benzene rings is 2. The Hall–Kier alpha value is -2.16. The first-order valence-electron chi connectivity index (χ1n) is 5.15. The van der Waals surface area contributed by atoms with Crippen LogP contribution in [0.25, 0.3) is 0 Å². The van der Waals surface area contributed by atoms with E-state index in [1.807, 2.05) is 30.3 Å². The highest BCUT2D eigenvalue weighted by Crippen LogP contribution is 2.36. The van der Waals surface area contributed by atoms with Crippen molar-refractivity contribution in [1.82, 2.24) is 0 Å². The number of hydrogen-bond acceptors (Lipinski definition) is 3. The quantitative estimate of drug-likeness (QED) is 0.706. The minimum absolute atomic E-state index is 0.220. The summed E-state index contributed by atoms with van der Waals surface area (Å²) in [5.74, 6) is 1.71. The van der Waals surface area contributed by atoms with Gasteiger partial charge in [-0.05, 0) is 24.3 Å². The fraction of sp³-hybridized carbons (Fsp3) is 0.0769. The molecule has 0 bridgehead atoms. The van der Waals surface area contributed by atoms with E-state index in [1.54, 1.807) is 12.1 Å². The molecule has 3 rings (SSSR count). The van der Waals surface area contributed by atoms with Crippen molar-refractivity contribution in [1.29, 1.82) is 0 Å². The van der Waals surface area contributed by atoms with E-state index in [9.17, 15) is 5.11 Å². The third kappa shape index (κ3) is 1.46. The van der Waals surface area contributed by atoms with E-state index in [2.05, 4.69) is 5.32 Å². The highest BCUT2D eigenvalue weighted by Gasteiger charge is 2.13. The van der Waals surface area contributed by atoms with Crippen molar-refractivity contribution in [2.24, 2.45) is 0 Å². The molecule has 0 saturated carbocycles. The van der Waals surface area contributed by atoms with Gasteiger partial charge >= 0.3 is 0 Å². The zero-order valence-electron chi connectivity index (χ0n) is 8.60. The smallest absolute Gasteiger partial charge is 0.150 e. The Labute approximate surface area is 93.3 Å². The van der Waals surface area contributed by atoms with Crippen LogP contribution in [0.5, 0.6) is 17.2 Å². The molecule has 2 aromatic rings. The van der Waals surface area contributed by atoms with Crippen LogP contribution in [0.1, 0.15) is 5.56 Å². The lowest BCUT2D eigenvalue weighted by Crippen LogP contribution is -1.96. The van der Waals surface area contributed by atoms with Crippen molar-refractivity contribution in [3.8, 4) is 17.2 Å². The Balaban J connectivity index is 2.10. The molecular weight excluding hydrogens is 202 g/mol. The number of ether oxygens (including phenoxy) is 1. The van der Waals surface area contributed by atoms with Crippen LogP contribution in [0.2, 0.25) is 0 Å². The zero-order chi connectivity index (χ0) is 11.0. The average Bonchev–Trinajstić information content (AvgIpc) is 2.47. The van der Waals surface area contributed by atoms with E-state index in [-0.39, 0.29) is 5.75 Å². The maximum Gasteiger partial charge on any atom is 0.150 e. The summed E-state index contributed by atoms with van der Waals surface area (Å²) in [6.45, 7) is 0.701. The molecular formula is C13H11NO2. The first kappa shape index (κ1) is 9.09. The topological polar surface area (TPSA) is 41.5 Å². The van der Waals surface area contributed by atoms with Gasteiger partial charge < -0.3 is 15.2 Å². The lowest BCUT2D eigenvalue weighted by molar-refractivity contribution is 0.455. The highest BCUT2D eigenvalue weighted by atomic mass is 16.5. The Bertz CT molecular complexity index is 537. The van der Waals surface area contributed by atoms with Gasteiger partial charge in [-0.25, -0.2) is 0 Å². The minimum atomic E-state index is 0.220. The molecule has 0 unspecified atom stereocenters. The Kier molecular flexibility index (Phi) is 1.96. The van der Waals surface area contributed by atoms with Crippen LogP contribution in [0.3, 0.4) is 0 Å². The van der Waals surface area contributed by atoms with Crippen molar-refractivity contribution < 1.29 is 9.84 Å². The van der Waals surface area contributed by atoms with Gasteiger partial charge in [0.25, 0.3) is 0 Å². The van der Waals surface area contributed by atoms with Gasteiger partial charge in [-0.15, -0.1) is 0 Å². The number of rotatable bonds is 0. The third-order valence-electron chi connectivity index (χ3n) is 2.63. The Morgan fingerprint density at radius 2 is 1.94 bits per heavy atom. The van der Waals surface area contributed by atoms with E-state index in [4.69, 9.17) is 4.74 Å². The maximum absolute atomic E-state index is 9.43. The van der Waals surface area contributed by atoms with E-state index in [0.717, 1.165) is 17.0 Å². The van der Waals surface area contributed by atoms with Crippen LogP contribution in [-0.4, -0.2) is 5.11 Å². The molecule has 3 nitrogen and oxygen atoms in total. The van der Waals surface area contributed by atoms with Crippen LogP contribution in [0, 0.1) is 0 Å². The van der Waals surface area contributed by atoms with Crippen molar-refractivity contribution in [2.45, 2.75) is 6.54 Å². The standard InChI is InChI=1S/C13H11NO2/c15-10-6-5-9-8-14-11-3-1-2-4-12(11)16-13(9)7-10/h1-7,14-15H,8H2. The van der Waals surface area contributed by atoms with Gasteiger partial charge in [0.2, 0.25) is 0 Å². The molecule has 1 aliphatic rings. The summed E-state index contributed by atoms with van der Waals surface area (Å²) in [6, 6.07) is 12.9. The summed E-state index contributed by atoms with van der Waals surface area (Å²) in [6.07, 6.45) is 0. The highest BCUT2D eigenvalue weighted by molar-refractivity contribution is 5.60. The number of phenols is 1. The number of hydrogen-bond donors (Lipinski definition) is 2. The predicted octanol–water partition coefficient (Wildman–Crippen LogP) is 3.11. The van der Waals surface area contributed by atoms with Crippen LogP contribution >= 0.6 is 0 Å². The van der Waals surface area contributed by atoms with Crippen molar-refractivity contribution >= 4 is 5.69 Å². The normalized spacial score (nSPS) is 12.8. The molecule has 0 saturated heterocycles. The second-order valence-electron chi connectivity index (χ2n) is 3.74. The van der Waals surface area contributed by atoms with E-state index in [0.29, 0.717) is 12.3 Å². The largest absolute Gasteiger partial charge is 0.508 e. The molecule has 1 heterocycles. The van der Waals surface area contributed by atoms with Gasteiger partial charge in [-0.2, -0.15) is 0 Å². The number of para-hydroxylation sites is 2. The average molecular weight is 213 g/mol. The summed E-state index contributed by atoms with van der Waals surface area (Å²) in [5, 5.41) is 12.7. The van der Waals surface area contributed by atoms with Crippen molar-refractivity contribution in [2.75, 3.05) is 5.32 Å². The SMILES string of the molecule is Oc1ccc2c(c1)Oc1ccccc1NC2. The van der Waals surface area contributed by atoms with E-state index in [1.165, 1.54) is 0 Å². The van der Waals surface area contributed by atoms with E-state index >= 15 is 0 Å². The summed E-state index contributed by atoms with van der Waals surface area (Å²) in [5.41, 5.74) is 2.01. The summed E-state index contributed by atoms with van der Waals surface area (Å²) in [4.78, 5) is 0. The monoisotopic (exact) mass is 213 g/mol. The fourth-order valence-corrected chi connectivity index (χ4v) is 1.79. The molecule has 0 atom stereocenters. The van der Waals surface area contributed by atoms with Gasteiger partial charge in [-0.3, -0.25) is 0 Å². The molecule has 3 heteroatoms. The van der Waals surface area contributed by atoms with Crippen LogP contribution in [0.15, 0.2) is 42.5 Å². The number of phenolic OH excluding ortho intramolecular Hbond substituents is 1. The first-order valence-corrected chi connectivity index (χ1v) is 5.15. The van der Waals surface area contributed by atoms with Crippen molar-refractivity contribution in [3.63, 3.8) is 0 Å². The molecule has 16 heavy (non-hydrogen) atoms. The zero-order valence-corrected chi connectivity index (χ0v) is 8.60. The molecule has 1 aliphatic heterocycles. The Morgan fingerprint density at radius 1 is 1.06 bits per heavy atom. The summed E-state index contributed by atoms with van der Waals surface area (Å²) >= 11 is 0. The predicted molar refractivity (Wildman–Crippen MR) is 61.9 cm³/mol. The van der Waals surface area contributed by atoms with Gasteiger partial charge in [0, 0.05) is 18.2 Å². The molecule has 0 aliphatic carbocycles. The number of nitrogens with one attached hydrogen (secondary N) is 1. The molecule has 0 radical (unpaired) electrons. The fourth-order valence-electron chi connectivity index (χ4n) is 1.79. The molecule has 2 N–H and O–H groups in total. The molecule has 0 amide bonds. The molecule has 0 spiro atoms. The second-order valence-corrected chi connectivity index (χ2v) is 3.74. The second kappa shape index (κ2) is 3.45. The van der Waals surface area contributed by atoms with Crippen molar-refractivity contribution in [3.05, 3.63) is 48.0 Å². The van der Waals surface area contributed by atoms with Crippen LogP contribution in [0.4, 0.5) is 5.69 Å². The molecule has 2 aromatic carbocycles. The maximum atomic E-state index is 9.43. The molecule has 0 aromatic heterocycles. The summed E-state index contributed by atoms with van der Waals surface area (Å²) in [7, 11) is 0. The minimum Gasteiger partial charge on any atom is -0.508 e. The lowest BCUT2D eigenvalue weighted by atomic mass is 10.2. The van der Waals surface area contributed by atoms with Crippen LogP contribution in [-0.2, 0) is 6.54 Å². The first-order chi connectivity index (χ1) is 7.83. The summed E-state index contributed by atoms with van der Waals surface area (Å²) < 4.78 is 5.76. The van der Waals surface area contributed by atoms with E-state index < -0.39 is 0 Å². The molecule has 0 fully saturated rings. The van der Waals surface area contributed by atoms with Gasteiger partial charge in [0.1, 0.15) is 11.5 Å². The number of fused-ring (bicyclic) bond motifs is 2. The van der Waals surface area contributed by atoms with Gasteiger partial charge in [-0.1, -0.05) is 12.1 Å². The third-order valence-corrected chi connectivity index (χ3v) is 2.63.